The number of benzene rings is 1. The van der Waals surface area contributed by atoms with Gasteiger partial charge in [-0.25, -0.2) is 0 Å². The van der Waals surface area contributed by atoms with Crippen molar-refractivity contribution in [2.45, 2.75) is 45.1 Å². The molecule has 0 radical (unpaired) electrons. The van der Waals surface area contributed by atoms with E-state index in [0.717, 1.165) is 6.54 Å². The third-order valence-electron chi connectivity index (χ3n) is 4.53. The molecule has 19 heavy (non-hydrogen) atoms. The highest BCUT2D eigenvalue weighted by Gasteiger charge is 2.33. The molecule has 1 heterocycles. The Hall–Kier alpha value is -0.860. The van der Waals surface area contributed by atoms with E-state index in [1.54, 1.807) is 0 Å². The van der Waals surface area contributed by atoms with Gasteiger partial charge in [-0.3, -0.25) is 0 Å². The molecule has 0 spiro atoms. The number of nitrogens with zero attached hydrogens (tertiary/aromatic N) is 1. The van der Waals surface area contributed by atoms with Crippen molar-refractivity contribution in [1.82, 2.24) is 4.90 Å². The van der Waals surface area contributed by atoms with Crippen LogP contribution in [0.3, 0.4) is 0 Å². The predicted octanol–water partition coefficient (Wildman–Crippen LogP) is 3.37. The molecule has 1 atom stereocenters. The summed E-state index contributed by atoms with van der Waals surface area (Å²) >= 11 is 0. The fourth-order valence-corrected chi connectivity index (χ4v) is 3.02. The molecule has 1 saturated heterocycles. The van der Waals surface area contributed by atoms with Crippen molar-refractivity contribution in [2.75, 3.05) is 19.6 Å². The fraction of sp³-hybridized carbons (Fsp3) is 0.647. The Morgan fingerprint density at radius 3 is 2.16 bits per heavy atom. The Kier molecular flexibility index (Phi) is 5.00. The molecule has 1 aliphatic rings. The van der Waals surface area contributed by atoms with Crippen LogP contribution in [0.4, 0.5) is 0 Å². The lowest BCUT2D eigenvalue weighted by Gasteiger charge is -2.38. The lowest BCUT2D eigenvalue weighted by molar-refractivity contribution is 0.176. The second kappa shape index (κ2) is 6.53. The Morgan fingerprint density at radius 1 is 1.05 bits per heavy atom. The number of likely N-dealkylation sites (tertiary alicyclic amines) is 1. The van der Waals surface area contributed by atoms with Crippen molar-refractivity contribution in [2.24, 2.45) is 11.7 Å². The highest BCUT2D eigenvalue weighted by molar-refractivity contribution is 5.25. The van der Waals surface area contributed by atoms with Crippen molar-refractivity contribution < 1.29 is 0 Å². The average molecular weight is 260 g/mol. The van der Waals surface area contributed by atoms with E-state index < -0.39 is 0 Å². The van der Waals surface area contributed by atoms with Crippen molar-refractivity contribution in [1.29, 1.82) is 0 Å². The van der Waals surface area contributed by atoms with Gasteiger partial charge < -0.3 is 10.6 Å². The highest BCUT2D eigenvalue weighted by Crippen LogP contribution is 2.28. The molecule has 2 nitrogen and oxygen atoms in total. The summed E-state index contributed by atoms with van der Waals surface area (Å²) in [7, 11) is 0. The van der Waals surface area contributed by atoms with Crippen LogP contribution in [0.25, 0.3) is 0 Å². The quantitative estimate of drug-likeness (QED) is 0.899. The molecule has 1 aromatic carbocycles. The maximum Gasteiger partial charge on any atom is 0.0561 e. The van der Waals surface area contributed by atoms with Crippen LogP contribution in [-0.2, 0) is 5.54 Å². The Balaban J connectivity index is 2.15. The first-order chi connectivity index (χ1) is 9.13. The van der Waals surface area contributed by atoms with Crippen LogP contribution in [0.5, 0.6) is 0 Å². The van der Waals surface area contributed by atoms with Gasteiger partial charge in [0, 0.05) is 6.54 Å². The van der Waals surface area contributed by atoms with E-state index in [9.17, 15) is 0 Å². The summed E-state index contributed by atoms with van der Waals surface area (Å²) in [6, 6.07) is 10.6. The minimum absolute atomic E-state index is 0.231. The number of hydrogen-bond acceptors (Lipinski definition) is 2. The molecule has 106 valence electrons. The monoisotopic (exact) mass is 260 g/mol. The summed E-state index contributed by atoms with van der Waals surface area (Å²) < 4.78 is 0. The molecule has 0 amide bonds. The first-order valence-electron chi connectivity index (χ1n) is 7.69. The van der Waals surface area contributed by atoms with Crippen molar-refractivity contribution in [3.05, 3.63) is 35.9 Å². The maximum absolute atomic E-state index is 6.80. The van der Waals surface area contributed by atoms with E-state index in [1.807, 2.05) is 0 Å². The molecule has 0 bridgehead atoms. The van der Waals surface area contributed by atoms with Gasteiger partial charge in [0.25, 0.3) is 0 Å². The predicted molar refractivity (Wildman–Crippen MR) is 82.1 cm³/mol. The molecule has 0 aliphatic carbocycles. The Morgan fingerprint density at radius 2 is 1.63 bits per heavy atom. The number of rotatable bonds is 4. The average Bonchev–Trinajstić information content (AvgIpc) is 2.68. The zero-order chi connectivity index (χ0) is 13.7. The van der Waals surface area contributed by atoms with Crippen LogP contribution in [-0.4, -0.2) is 24.5 Å². The summed E-state index contributed by atoms with van der Waals surface area (Å²) in [6.45, 7) is 7.88. The molecule has 2 heteroatoms. The smallest absolute Gasteiger partial charge is 0.0561 e. The summed E-state index contributed by atoms with van der Waals surface area (Å²) in [5, 5.41) is 0. The van der Waals surface area contributed by atoms with E-state index in [1.165, 1.54) is 44.3 Å². The molecule has 2 rings (SSSR count). The van der Waals surface area contributed by atoms with Gasteiger partial charge in [-0.2, -0.15) is 0 Å². The van der Waals surface area contributed by atoms with Crippen LogP contribution in [0, 0.1) is 5.92 Å². The van der Waals surface area contributed by atoms with Gasteiger partial charge in [-0.15, -0.1) is 0 Å². The van der Waals surface area contributed by atoms with Gasteiger partial charge in [0.1, 0.15) is 0 Å². The van der Waals surface area contributed by atoms with Crippen LogP contribution in [0.15, 0.2) is 30.3 Å². The zero-order valence-corrected chi connectivity index (χ0v) is 12.4. The first kappa shape index (κ1) is 14.5. The summed E-state index contributed by atoms with van der Waals surface area (Å²) in [6.07, 6.45) is 5.40. The maximum atomic E-state index is 6.80. The van der Waals surface area contributed by atoms with E-state index in [4.69, 9.17) is 5.73 Å². The first-order valence-corrected chi connectivity index (χ1v) is 7.69. The van der Waals surface area contributed by atoms with Gasteiger partial charge >= 0.3 is 0 Å². The Bertz CT molecular complexity index is 366. The lowest BCUT2D eigenvalue weighted by atomic mass is 9.80. The van der Waals surface area contributed by atoms with Gasteiger partial charge in [0.15, 0.2) is 0 Å². The molecule has 1 fully saturated rings. The van der Waals surface area contributed by atoms with E-state index >= 15 is 0 Å². The molecular weight excluding hydrogens is 232 g/mol. The van der Waals surface area contributed by atoms with Crippen LogP contribution >= 0.6 is 0 Å². The van der Waals surface area contributed by atoms with Gasteiger partial charge in [0.2, 0.25) is 0 Å². The second-order valence-corrected chi connectivity index (χ2v) is 6.25. The second-order valence-electron chi connectivity index (χ2n) is 6.25. The standard InChI is InChI=1S/C17H28N2/c1-15(2)17(18,16-10-6-5-7-11-16)14-19-12-8-3-4-9-13-19/h5-7,10-11,15H,3-4,8-9,12-14,18H2,1-2H3. The SMILES string of the molecule is CC(C)C(N)(CN1CCCCCC1)c1ccccc1. The molecule has 1 aromatic rings. The van der Waals surface area contributed by atoms with Crippen LogP contribution in [0.2, 0.25) is 0 Å². The number of hydrogen-bond donors (Lipinski definition) is 1. The topological polar surface area (TPSA) is 29.3 Å². The minimum Gasteiger partial charge on any atom is -0.320 e. The van der Waals surface area contributed by atoms with Gasteiger partial charge in [-0.05, 0) is 37.4 Å². The molecule has 2 N–H and O–H groups in total. The summed E-state index contributed by atoms with van der Waals surface area (Å²) in [4.78, 5) is 2.57. The third-order valence-corrected chi connectivity index (χ3v) is 4.53. The van der Waals surface area contributed by atoms with E-state index in [-0.39, 0.29) is 5.54 Å². The van der Waals surface area contributed by atoms with Gasteiger partial charge in [0.05, 0.1) is 5.54 Å². The van der Waals surface area contributed by atoms with E-state index in [0.29, 0.717) is 5.92 Å². The van der Waals surface area contributed by atoms with Crippen LogP contribution in [0.1, 0.15) is 45.1 Å². The fourth-order valence-electron chi connectivity index (χ4n) is 3.02. The molecule has 1 aliphatic heterocycles. The van der Waals surface area contributed by atoms with E-state index in [2.05, 4.69) is 49.1 Å². The largest absolute Gasteiger partial charge is 0.320 e. The summed E-state index contributed by atoms with van der Waals surface area (Å²) in [5.41, 5.74) is 7.84. The van der Waals surface area contributed by atoms with Crippen molar-refractivity contribution in [3.63, 3.8) is 0 Å². The van der Waals surface area contributed by atoms with Crippen molar-refractivity contribution in [3.8, 4) is 0 Å². The molecule has 1 unspecified atom stereocenters. The molecule has 0 aromatic heterocycles. The molecule has 0 saturated carbocycles. The highest BCUT2D eigenvalue weighted by atomic mass is 15.1. The zero-order valence-electron chi connectivity index (χ0n) is 12.4. The summed E-state index contributed by atoms with van der Waals surface area (Å²) in [5.74, 6) is 0.443. The minimum atomic E-state index is -0.231. The van der Waals surface area contributed by atoms with Gasteiger partial charge in [-0.1, -0.05) is 57.0 Å². The van der Waals surface area contributed by atoms with Crippen LogP contribution < -0.4 is 5.73 Å². The molecular formula is C17H28N2. The Labute approximate surface area is 118 Å². The van der Waals surface area contributed by atoms with Crippen molar-refractivity contribution >= 4 is 0 Å². The normalized spacial score (nSPS) is 21.1. The third kappa shape index (κ3) is 3.58. The number of nitrogens with two attached hydrogens (primary N) is 1. The lowest BCUT2D eigenvalue weighted by Crippen LogP contribution is -2.51.